The lowest BCUT2D eigenvalue weighted by Gasteiger charge is -2.12. The van der Waals surface area contributed by atoms with Crippen LogP contribution >= 0.6 is 11.3 Å². The summed E-state index contributed by atoms with van der Waals surface area (Å²) in [5, 5.41) is 12.1. The Balaban J connectivity index is 2.19. The Morgan fingerprint density at radius 3 is 2.59 bits per heavy atom. The molecule has 1 aromatic carbocycles. The van der Waals surface area contributed by atoms with E-state index in [9.17, 15) is 9.50 Å². The number of thiophene rings is 1. The average Bonchev–Trinajstić information content (AvgIpc) is 2.68. The van der Waals surface area contributed by atoms with Gasteiger partial charge in [0, 0.05) is 11.3 Å². The fourth-order valence-electron chi connectivity index (χ4n) is 1.92. The predicted octanol–water partition coefficient (Wildman–Crippen LogP) is 3.78. The summed E-state index contributed by atoms with van der Waals surface area (Å²) in [6, 6.07) is 6.69. The smallest absolute Gasteiger partial charge is 0.123 e. The molecule has 0 aliphatic carbocycles. The van der Waals surface area contributed by atoms with Crippen molar-refractivity contribution in [2.45, 2.75) is 26.4 Å². The van der Waals surface area contributed by atoms with Gasteiger partial charge >= 0.3 is 0 Å². The van der Waals surface area contributed by atoms with Gasteiger partial charge in [0.1, 0.15) is 5.82 Å². The number of aryl methyl sites for hydroxylation is 2. The van der Waals surface area contributed by atoms with Gasteiger partial charge in [0.25, 0.3) is 0 Å². The number of aliphatic hydroxyl groups is 1. The number of aliphatic hydroxyl groups excluding tert-OH is 1. The maximum Gasteiger partial charge on any atom is 0.123 e. The normalized spacial score (nSPS) is 12.7. The van der Waals surface area contributed by atoms with Gasteiger partial charge in [-0.3, -0.25) is 0 Å². The number of halogens is 1. The molecule has 0 saturated carbocycles. The summed E-state index contributed by atoms with van der Waals surface area (Å²) in [6.45, 7) is 3.86. The maximum absolute atomic E-state index is 13.0. The third kappa shape index (κ3) is 2.73. The summed E-state index contributed by atoms with van der Waals surface area (Å²) >= 11 is 1.56. The van der Waals surface area contributed by atoms with Crippen LogP contribution in [0.15, 0.2) is 29.6 Å². The molecule has 1 atom stereocenters. The van der Waals surface area contributed by atoms with Crippen LogP contribution in [0.3, 0.4) is 0 Å². The second-order valence-electron chi connectivity index (χ2n) is 4.26. The van der Waals surface area contributed by atoms with Crippen LogP contribution in [0.25, 0.3) is 0 Å². The molecule has 90 valence electrons. The van der Waals surface area contributed by atoms with E-state index >= 15 is 0 Å². The number of benzene rings is 1. The van der Waals surface area contributed by atoms with Crippen LogP contribution in [0, 0.1) is 19.7 Å². The molecule has 1 aromatic heterocycles. The van der Waals surface area contributed by atoms with Gasteiger partial charge in [0.05, 0.1) is 6.10 Å². The number of hydrogen-bond donors (Lipinski definition) is 1. The Hall–Kier alpha value is -1.19. The Morgan fingerprint density at radius 1 is 1.24 bits per heavy atom. The van der Waals surface area contributed by atoms with Crippen molar-refractivity contribution in [3.8, 4) is 0 Å². The van der Waals surface area contributed by atoms with E-state index in [0.717, 1.165) is 21.6 Å². The molecule has 2 aromatic rings. The molecule has 1 heterocycles. The highest BCUT2D eigenvalue weighted by Gasteiger charge is 2.13. The molecule has 3 heteroatoms. The highest BCUT2D eigenvalue weighted by Crippen LogP contribution is 2.27. The topological polar surface area (TPSA) is 20.2 Å². The minimum atomic E-state index is -0.501. The van der Waals surface area contributed by atoms with Crippen molar-refractivity contribution in [2.24, 2.45) is 0 Å². The lowest BCUT2D eigenvalue weighted by Crippen LogP contribution is -2.02. The summed E-state index contributed by atoms with van der Waals surface area (Å²) in [5.74, 6) is -0.229. The van der Waals surface area contributed by atoms with Crippen LogP contribution in [0.1, 0.15) is 27.7 Å². The molecular weight excluding hydrogens is 235 g/mol. The first-order valence-corrected chi connectivity index (χ1v) is 6.43. The van der Waals surface area contributed by atoms with Crippen LogP contribution in [0.2, 0.25) is 0 Å². The first-order valence-electron chi connectivity index (χ1n) is 5.55. The Morgan fingerprint density at radius 2 is 2.00 bits per heavy atom. The van der Waals surface area contributed by atoms with Gasteiger partial charge in [-0.15, -0.1) is 11.3 Å². The van der Waals surface area contributed by atoms with Gasteiger partial charge in [-0.05, 0) is 54.1 Å². The molecule has 17 heavy (non-hydrogen) atoms. The standard InChI is InChI=1S/C14H15FOS/c1-9-5-6-17-14(9)13(16)8-11-3-4-12(15)7-10(11)2/h3-7,13,16H,8H2,1-2H3. The lowest BCUT2D eigenvalue weighted by atomic mass is 10.0. The van der Waals surface area contributed by atoms with Crippen LogP contribution in [-0.2, 0) is 6.42 Å². The molecular formula is C14H15FOS. The Bertz CT molecular complexity index is 519. The maximum atomic E-state index is 13.0. The number of hydrogen-bond acceptors (Lipinski definition) is 2. The fraction of sp³-hybridized carbons (Fsp3) is 0.286. The summed E-state index contributed by atoms with van der Waals surface area (Å²) in [6.07, 6.45) is 0.0344. The zero-order chi connectivity index (χ0) is 12.4. The second kappa shape index (κ2) is 4.98. The average molecular weight is 250 g/mol. The lowest BCUT2D eigenvalue weighted by molar-refractivity contribution is 0.181. The third-order valence-corrected chi connectivity index (χ3v) is 4.04. The molecule has 0 bridgehead atoms. The van der Waals surface area contributed by atoms with Crippen LogP contribution in [0.4, 0.5) is 4.39 Å². The summed E-state index contributed by atoms with van der Waals surface area (Å²) in [7, 11) is 0. The molecule has 2 rings (SSSR count). The van der Waals surface area contributed by atoms with Gasteiger partial charge in [-0.1, -0.05) is 6.07 Å². The first kappa shape index (κ1) is 12.3. The van der Waals surface area contributed by atoms with Gasteiger partial charge in [0.15, 0.2) is 0 Å². The van der Waals surface area contributed by atoms with E-state index in [1.807, 2.05) is 25.3 Å². The van der Waals surface area contributed by atoms with Gasteiger partial charge < -0.3 is 5.11 Å². The van der Waals surface area contributed by atoms with Crippen LogP contribution in [-0.4, -0.2) is 5.11 Å². The van der Waals surface area contributed by atoms with E-state index in [1.54, 1.807) is 17.4 Å². The second-order valence-corrected chi connectivity index (χ2v) is 5.21. The zero-order valence-electron chi connectivity index (χ0n) is 9.90. The van der Waals surface area contributed by atoms with Crippen LogP contribution in [0.5, 0.6) is 0 Å². The molecule has 1 unspecified atom stereocenters. The first-order chi connectivity index (χ1) is 8.08. The monoisotopic (exact) mass is 250 g/mol. The third-order valence-electron chi connectivity index (χ3n) is 2.92. The van der Waals surface area contributed by atoms with Crippen LogP contribution < -0.4 is 0 Å². The van der Waals surface area contributed by atoms with Gasteiger partial charge in [-0.2, -0.15) is 0 Å². The van der Waals surface area contributed by atoms with E-state index < -0.39 is 6.10 Å². The molecule has 0 amide bonds. The van der Waals surface area contributed by atoms with Crippen molar-refractivity contribution in [3.05, 3.63) is 57.0 Å². The van der Waals surface area contributed by atoms with Crippen molar-refractivity contribution in [1.29, 1.82) is 0 Å². The molecule has 0 spiro atoms. The fourth-order valence-corrected chi connectivity index (χ4v) is 2.83. The van der Waals surface area contributed by atoms with Crippen molar-refractivity contribution in [1.82, 2.24) is 0 Å². The predicted molar refractivity (Wildman–Crippen MR) is 68.9 cm³/mol. The minimum Gasteiger partial charge on any atom is -0.387 e. The van der Waals surface area contributed by atoms with Crippen molar-refractivity contribution in [3.63, 3.8) is 0 Å². The number of rotatable bonds is 3. The zero-order valence-corrected chi connectivity index (χ0v) is 10.7. The quantitative estimate of drug-likeness (QED) is 0.879. The molecule has 1 N–H and O–H groups in total. The Labute approximate surface area is 105 Å². The highest BCUT2D eigenvalue weighted by atomic mass is 32.1. The summed E-state index contributed by atoms with van der Waals surface area (Å²) < 4.78 is 13.0. The van der Waals surface area contributed by atoms with E-state index in [0.29, 0.717) is 6.42 Å². The van der Waals surface area contributed by atoms with E-state index in [1.165, 1.54) is 12.1 Å². The molecule has 0 fully saturated rings. The van der Waals surface area contributed by atoms with E-state index in [-0.39, 0.29) is 5.82 Å². The van der Waals surface area contributed by atoms with Crippen molar-refractivity contribution >= 4 is 11.3 Å². The SMILES string of the molecule is Cc1cc(F)ccc1CC(O)c1sccc1C. The Kier molecular flexibility index (Phi) is 3.60. The minimum absolute atomic E-state index is 0.229. The molecule has 0 aliphatic heterocycles. The van der Waals surface area contributed by atoms with Crippen molar-refractivity contribution < 1.29 is 9.50 Å². The van der Waals surface area contributed by atoms with E-state index in [4.69, 9.17) is 0 Å². The highest BCUT2D eigenvalue weighted by molar-refractivity contribution is 7.10. The molecule has 1 nitrogen and oxygen atoms in total. The largest absolute Gasteiger partial charge is 0.387 e. The molecule has 0 radical (unpaired) electrons. The molecule has 0 saturated heterocycles. The summed E-state index contributed by atoms with van der Waals surface area (Å²) in [4.78, 5) is 0.994. The molecule has 0 aliphatic rings. The van der Waals surface area contributed by atoms with Gasteiger partial charge in [0.2, 0.25) is 0 Å². The summed E-state index contributed by atoms with van der Waals surface area (Å²) in [5.41, 5.74) is 2.99. The van der Waals surface area contributed by atoms with Crippen molar-refractivity contribution in [2.75, 3.05) is 0 Å². The van der Waals surface area contributed by atoms with E-state index in [2.05, 4.69) is 0 Å². The van der Waals surface area contributed by atoms with Gasteiger partial charge in [-0.25, -0.2) is 4.39 Å².